The zero-order valence-corrected chi connectivity index (χ0v) is 10.4. The summed E-state index contributed by atoms with van der Waals surface area (Å²) in [6.45, 7) is 5.49. The molecule has 1 aromatic heterocycles. The van der Waals surface area contributed by atoms with Crippen molar-refractivity contribution >= 4 is 5.69 Å². The first kappa shape index (κ1) is 11.7. The topological polar surface area (TPSA) is 29.9 Å². The molecule has 0 bridgehead atoms. The molecule has 3 nitrogen and oxygen atoms in total. The van der Waals surface area contributed by atoms with Crippen LogP contribution in [-0.2, 0) is 0 Å². The molecule has 2 rings (SSSR count). The first-order valence-electron chi connectivity index (χ1n) is 6.12. The summed E-state index contributed by atoms with van der Waals surface area (Å²) in [6, 6.07) is 8.39. The summed E-state index contributed by atoms with van der Waals surface area (Å²) < 4.78 is 2.01. The summed E-state index contributed by atoms with van der Waals surface area (Å²) in [4.78, 5) is 4.06. The van der Waals surface area contributed by atoms with E-state index in [9.17, 15) is 0 Å². The van der Waals surface area contributed by atoms with E-state index >= 15 is 0 Å². The summed E-state index contributed by atoms with van der Waals surface area (Å²) in [6.07, 6.45) is 6.76. The van der Waals surface area contributed by atoms with E-state index in [1.165, 1.54) is 6.42 Å². The molecule has 0 spiro atoms. The van der Waals surface area contributed by atoms with Gasteiger partial charge in [0.25, 0.3) is 0 Å². The summed E-state index contributed by atoms with van der Waals surface area (Å²) in [5.74, 6) is 0.701. The van der Waals surface area contributed by atoms with Crippen molar-refractivity contribution in [3.63, 3.8) is 0 Å². The Bertz CT molecular complexity index is 448. The molecule has 3 heteroatoms. The monoisotopic (exact) mass is 229 g/mol. The van der Waals surface area contributed by atoms with E-state index in [2.05, 4.69) is 48.4 Å². The van der Waals surface area contributed by atoms with E-state index in [1.54, 1.807) is 6.20 Å². The molecule has 1 heterocycles. The van der Waals surface area contributed by atoms with Gasteiger partial charge in [-0.1, -0.05) is 26.3 Å². The molecule has 90 valence electrons. The number of nitrogens with one attached hydrogen (secondary N) is 1. The van der Waals surface area contributed by atoms with Crippen LogP contribution in [0, 0.1) is 5.92 Å². The van der Waals surface area contributed by atoms with Crippen LogP contribution in [0.3, 0.4) is 0 Å². The van der Waals surface area contributed by atoms with Crippen molar-refractivity contribution in [1.82, 2.24) is 9.55 Å². The Morgan fingerprint density at radius 3 is 3.00 bits per heavy atom. The van der Waals surface area contributed by atoms with Crippen molar-refractivity contribution in [2.75, 3.05) is 11.9 Å². The van der Waals surface area contributed by atoms with Crippen molar-refractivity contribution < 1.29 is 0 Å². The minimum atomic E-state index is 0.701. The normalized spacial score (nSPS) is 12.4. The zero-order chi connectivity index (χ0) is 12.1. The first-order valence-corrected chi connectivity index (χ1v) is 6.12. The second-order valence-electron chi connectivity index (χ2n) is 4.41. The van der Waals surface area contributed by atoms with Gasteiger partial charge in [0, 0.05) is 30.3 Å². The van der Waals surface area contributed by atoms with Crippen LogP contribution < -0.4 is 5.32 Å². The fourth-order valence-electron chi connectivity index (χ4n) is 1.62. The molecular weight excluding hydrogens is 210 g/mol. The number of hydrogen-bond acceptors (Lipinski definition) is 2. The molecular formula is C14H19N3. The van der Waals surface area contributed by atoms with Gasteiger partial charge in [-0.25, -0.2) is 4.98 Å². The number of nitrogens with zero attached hydrogens (tertiary/aromatic N) is 2. The van der Waals surface area contributed by atoms with Crippen LogP contribution in [0.15, 0.2) is 43.0 Å². The highest BCUT2D eigenvalue weighted by Gasteiger charge is 2.00. The van der Waals surface area contributed by atoms with E-state index in [0.29, 0.717) is 5.92 Å². The minimum absolute atomic E-state index is 0.701. The van der Waals surface area contributed by atoms with Crippen molar-refractivity contribution in [2.45, 2.75) is 20.3 Å². The molecule has 0 aliphatic rings. The van der Waals surface area contributed by atoms with Gasteiger partial charge in [-0.3, -0.25) is 0 Å². The number of hydrogen-bond donors (Lipinski definition) is 1. The van der Waals surface area contributed by atoms with Crippen molar-refractivity contribution in [1.29, 1.82) is 0 Å². The first-order chi connectivity index (χ1) is 8.29. The van der Waals surface area contributed by atoms with Gasteiger partial charge < -0.3 is 9.88 Å². The van der Waals surface area contributed by atoms with Crippen LogP contribution >= 0.6 is 0 Å². The maximum Gasteiger partial charge on any atom is 0.0991 e. The molecule has 0 saturated carbocycles. The van der Waals surface area contributed by atoms with Gasteiger partial charge in [-0.05, 0) is 24.1 Å². The molecule has 0 radical (unpaired) electrons. The van der Waals surface area contributed by atoms with Gasteiger partial charge in [-0.2, -0.15) is 0 Å². The molecule has 1 N–H and O–H groups in total. The Labute approximate surface area is 103 Å². The largest absolute Gasteiger partial charge is 0.385 e. The molecule has 0 amide bonds. The maximum atomic E-state index is 4.06. The molecule has 1 atom stereocenters. The van der Waals surface area contributed by atoms with Crippen LogP contribution in [0.25, 0.3) is 5.69 Å². The highest BCUT2D eigenvalue weighted by molar-refractivity contribution is 5.51. The third-order valence-electron chi connectivity index (χ3n) is 3.00. The van der Waals surface area contributed by atoms with Gasteiger partial charge in [0.2, 0.25) is 0 Å². The quantitative estimate of drug-likeness (QED) is 0.852. The lowest BCUT2D eigenvalue weighted by Crippen LogP contribution is -2.10. The van der Waals surface area contributed by atoms with E-state index in [0.717, 1.165) is 17.9 Å². The van der Waals surface area contributed by atoms with Crippen molar-refractivity contribution in [3.8, 4) is 5.69 Å². The summed E-state index contributed by atoms with van der Waals surface area (Å²) in [5.41, 5.74) is 2.30. The van der Waals surface area contributed by atoms with Gasteiger partial charge >= 0.3 is 0 Å². The molecule has 1 aromatic carbocycles. The van der Waals surface area contributed by atoms with E-state index in [4.69, 9.17) is 0 Å². The van der Waals surface area contributed by atoms with Crippen molar-refractivity contribution in [3.05, 3.63) is 43.0 Å². The predicted molar refractivity (Wildman–Crippen MR) is 71.5 cm³/mol. The summed E-state index contributed by atoms with van der Waals surface area (Å²) in [5, 5.41) is 3.46. The minimum Gasteiger partial charge on any atom is -0.385 e. The highest BCUT2D eigenvalue weighted by atomic mass is 15.0. The predicted octanol–water partition coefficient (Wildman–Crippen LogP) is 3.33. The molecule has 1 unspecified atom stereocenters. The average molecular weight is 229 g/mol. The number of rotatable bonds is 5. The lowest BCUT2D eigenvalue weighted by Gasteiger charge is -2.12. The second-order valence-corrected chi connectivity index (χ2v) is 4.41. The van der Waals surface area contributed by atoms with Gasteiger partial charge in [0.15, 0.2) is 0 Å². The lowest BCUT2D eigenvalue weighted by atomic mass is 10.1. The third kappa shape index (κ3) is 3.09. The smallest absolute Gasteiger partial charge is 0.0991 e. The van der Waals surface area contributed by atoms with E-state index < -0.39 is 0 Å². The van der Waals surface area contributed by atoms with Crippen LogP contribution in [0.5, 0.6) is 0 Å². The highest BCUT2D eigenvalue weighted by Crippen LogP contribution is 2.15. The lowest BCUT2D eigenvalue weighted by molar-refractivity contribution is 0.593. The maximum absolute atomic E-state index is 4.06. The average Bonchev–Trinajstić information content (AvgIpc) is 2.90. The standard InChI is InChI=1S/C14H19N3/c1-3-12(2)10-16-13-5-4-6-14(9-13)17-8-7-15-11-17/h4-9,11-12,16H,3,10H2,1-2H3. The number of anilines is 1. The number of aromatic nitrogens is 2. The van der Waals surface area contributed by atoms with Crippen LogP contribution in [-0.4, -0.2) is 16.1 Å². The van der Waals surface area contributed by atoms with Crippen LogP contribution in [0.1, 0.15) is 20.3 Å². The van der Waals surface area contributed by atoms with Gasteiger partial charge in [0.05, 0.1) is 6.33 Å². The molecule has 2 aromatic rings. The third-order valence-corrected chi connectivity index (χ3v) is 3.00. The molecule has 0 aliphatic carbocycles. The Kier molecular flexibility index (Phi) is 3.81. The van der Waals surface area contributed by atoms with E-state index in [-0.39, 0.29) is 0 Å². The van der Waals surface area contributed by atoms with Crippen LogP contribution in [0.2, 0.25) is 0 Å². The zero-order valence-electron chi connectivity index (χ0n) is 10.4. The SMILES string of the molecule is CCC(C)CNc1cccc(-n2ccnc2)c1. The Balaban J connectivity index is 2.07. The Morgan fingerprint density at radius 2 is 2.29 bits per heavy atom. The Hall–Kier alpha value is -1.77. The fourth-order valence-corrected chi connectivity index (χ4v) is 1.62. The van der Waals surface area contributed by atoms with E-state index in [1.807, 2.05) is 17.1 Å². The molecule has 17 heavy (non-hydrogen) atoms. The van der Waals surface area contributed by atoms with Gasteiger partial charge in [-0.15, -0.1) is 0 Å². The van der Waals surface area contributed by atoms with Crippen molar-refractivity contribution in [2.24, 2.45) is 5.92 Å². The molecule has 0 fully saturated rings. The summed E-state index contributed by atoms with van der Waals surface area (Å²) >= 11 is 0. The summed E-state index contributed by atoms with van der Waals surface area (Å²) in [7, 11) is 0. The van der Waals surface area contributed by atoms with Crippen LogP contribution in [0.4, 0.5) is 5.69 Å². The van der Waals surface area contributed by atoms with Gasteiger partial charge in [0.1, 0.15) is 0 Å². The number of imidazole rings is 1. The second kappa shape index (κ2) is 5.53. The Morgan fingerprint density at radius 1 is 1.41 bits per heavy atom. The number of benzene rings is 1. The molecule has 0 aliphatic heterocycles. The molecule has 0 saturated heterocycles. The fraction of sp³-hybridized carbons (Fsp3) is 0.357.